The van der Waals surface area contributed by atoms with E-state index >= 15 is 0 Å². The van der Waals surface area contributed by atoms with Crippen LogP contribution in [0.4, 0.5) is 0 Å². The summed E-state index contributed by atoms with van der Waals surface area (Å²) < 4.78 is 5.25. The first-order chi connectivity index (χ1) is 11.1. The summed E-state index contributed by atoms with van der Waals surface area (Å²) in [7, 11) is 0. The van der Waals surface area contributed by atoms with E-state index in [0.717, 1.165) is 10.4 Å². The van der Waals surface area contributed by atoms with Crippen molar-refractivity contribution in [1.29, 1.82) is 0 Å². The molecule has 0 saturated heterocycles. The number of rotatable bonds is 5. The van der Waals surface area contributed by atoms with Gasteiger partial charge in [-0.25, -0.2) is 0 Å². The lowest BCUT2D eigenvalue weighted by Gasteiger charge is -2.09. The minimum atomic E-state index is -0.327. The molecule has 0 bridgehead atoms. The Morgan fingerprint density at radius 2 is 2.13 bits per heavy atom. The molecular formula is C16H14ClN3O2S. The molecule has 0 aliphatic heterocycles. The summed E-state index contributed by atoms with van der Waals surface area (Å²) in [6.45, 7) is 1.82. The van der Waals surface area contributed by atoms with E-state index < -0.39 is 0 Å². The quantitative estimate of drug-likeness (QED) is 0.760. The number of hydrogen-bond acceptors (Lipinski definition) is 5. The van der Waals surface area contributed by atoms with Crippen LogP contribution in [0.3, 0.4) is 0 Å². The zero-order chi connectivity index (χ0) is 16.2. The number of benzene rings is 1. The van der Waals surface area contributed by atoms with Gasteiger partial charge in [0.25, 0.3) is 5.89 Å². The number of hydrogen-bond donors (Lipinski definition) is 1. The highest BCUT2D eigenvalue weighted by atomic mass is 35.5. The highest BCUT2D eigenvalue weighted by Gasteiger charge is 2.17. The maximum Gasteiger partial charge on any atom is 0.257 e. The van der Waals surface area contributed by atoms with Gasteiger partial charge in [0.2, 0.25) is 5.91 Å². The number of nitrogens with one attached hydrogen (secondary N) is 1. The summed E-state index contributed by atoms with van der Waals surface area (Å²) >= 11 is 7.41. The molecular weight excluding hydrogens is 334 g/mol. The summed E-state index contributed by atoms with van der Waals surface area (Å²) in [5.74, 6) is 0.767. The lowest BCUT2D eigenvalue weighted by atomic mass is 10.2. The van der Waals surface area contributed by atoms with E-state index in [0.29, 0.717) is 23.2 Å². The molecule has 5 nitrogen and oxygen atoms in total. The van der Waals surface area contributed by atoms with Crippen LogP contribution < -0.4 is 5.32 Å². The van der Waals surface area contributed by atoms with Gasteiger partial charge in [0, 0.05) is 15.5 Å². The summed E-state index contributed by atoms with van der Waals surface area (Å²) in [6.07, 6.45) is 0.351. The van der Waals surface area contributed by atoms with Crippen molar-refractivity contribution >= 4 is 28.8 Å². The van der Waals surface area contributed by atoms with Crippen molar-refractivity contribution < 1.29 is 9.32 Å². The van der Waals surface area contributed by atoms with E-state index in [1.807, 2.05) is 24.4 Å². The molecule has 0 aliphatic rings. The zero-order valence-corrected chi connectivity index (χ0v) is 13.9. The van der Waals surface area contributed by atoms with Crippen molar-refractivity contribution in [2.24, 2.45) is 0 Å². The first kappa shape index (κ1) is 15.7. The fourth-order valence-electron chi connectivity index (χ4n) is 2.05. The van der Waals surface area contributed by atoms with Crippen LogP contribution in [0.25, 0.3) is 11.5 Å². The van der Waals surface area contributed by atoms with Gasteiger partial charge in [-0.05, 0) is 42.6 Å². The molecule has 2 aromatic heterocycles. The minimum Gasteiger partial charge on any atom is -0.346 e. The van der Waals surface area contributed by atoms with Gasteiger partial charge in [0.05, 0.1) is 12.5 Å². The number of aromatic nitrogens is 2. The molecule has 0 spiro atoms. The molecule has 1 amide bonds. The van der Waals surface area contributed by atoms with Crippen molar-refractivity contribution in [3.8, 4) is 11.5 Å². The van der Waals surface area contributed by atoms with Crippen molar-refractivity contribution in [3.05, 3.63) is 57.5 Å². The largest absolute Gasteiger partial charge is 0.346 e. The predicted octanol–water partition coefficient (Wildman–Crippen LogP) is 3.87. The molecule has 0 unspecified atom stereocenters. The highest BCUT2D eigenvalue weighted by Crippen LogP contribution is 2.21. The third-order valence-electron chi connectivity index (χ3n) is 3.21. The third kappa shape index (κ3) is 3.97. The second kappa shape index (κ2) is 6.93. The van der Waals surface area contributed by atoms with E-state index in [9.17, 15) is 4.79 Å². The van der Waals surface area contributed by atoms with Crippen molar-refractivity contribution in [2.75, 3.05) is 0 Å². The normalized spacial score (nSPS) is 12.1. The molecule has 1 atom stereocenters. The Labute approximate surface area is 142 Å². The van der Waals surface area contributed by atoms with E-state index in [4.69, 9.17) is 16.1 Å². The van der Waals surface area contributed by atoms with Crippen molar-refractivity contribution in [2.45, 2.75) is 19.4 Å². The van der Waals surface area contributed by atoms with E-state index in [1.165, 1.54) is 0 Å². The maximum atomic E-state index is 12.0. The zero-order valence-electron chi connectivity index (χ0n) is 12.3. The summed E-state index contributed by atoms with van der Waals surface area (Å²) in [4.78, 5) is 17.3. The van der Waals surface area contributed by atoms with Crippen LogP contribution in [0.2, 0.25) is 5.02 Å². The minimum absolute atomic E-state index is 0.0715. The summed E-state index contributed by atoms with van der Waals surface area (Å²) in [5, 5.41) is 9.39. The van der Waals surface area contributed by atoms with Crippen LogP contribution in [-0.4, -0.2) is 16.0 Å². The Balaban J connectivity index is 1.65. The fourth-order valence-corrected chi connectivity index (χ4v) is 2.88. The SMILES string of the molecule is C[C@@H](NC(=O)Cc1cccs1)c1noc(-c2ccc(Cl)cc2)n1. The van der Waals surface area contributed by atoms with Crippen LogP contribution in [0.1, 0.15) is 23.7 Å². The monoisotopic (exact) mass is 347 g/mol. The second-order valence-corrected chi connectivity index (χ2v) is 6.48. The van der Waals surface area contributed by atoms with Gasteiger partial charge in [-0.2, -0.15) is 4.98 Å². The van der Waals surface area contributed by atoms with Crippen LogP contribution >= 0.6 is 22.9 Å². The number of carbonyl (C=O) groups excluding carboxylic acids is 1. The molecule has 0 saturated carbocycles. The maximum absolute atomic E-state index is 12.0. The van der Waals surface area contributed by atoms with E-state index in [-0.39, 0.29) is 11.9 Å². The van der Waals surface area contributed by atoms with Gasteiger partial charge in [-0.15, -0.1) is 11.3 Å². The van der Waals surface area contributed by atoms with Crippen LogP contribution in [0.5, 0.6) is 0 Å². The predicted molar refractivity (Wildman–Crippen MR) is 89.3 cm³/mol. The van der Waals surface area contributed by atoms with Gasteiger partial charge in [-0.1, -0.05) is 22.8 Å². The Hall–Kier alpha value is -2.18. The fraction of sp³-hybridized carbons (Fsp3) is 0.188. The molecule has 0 fully saturated rings. The average molecular weight is 348 g/mol. The Kier molecular flexibility index (Phi) is 4.73. The van der Waals surface area contributed by atoms with Crippen LogP contribution in [0, 0.1) is 0 Å². The molecule has 1 N–H and O–H groups in total. The number of nitrogens with zero attached hydrogens (tertiary/aromatic N) is 2. The number of halogens is 1. The van der Waals surface area contributed by atoms with E-state index in [2.05, 4.69) is 15.5 Å². The molecule has 7 heteroatoms. The lowest BCUT2D eigenvalue weighted by Crippen LogP contribution is -2.28. The highest BCUT2D eigenvalue weighted by molar-refractivity contribution is 7.10. The molecule has 1 aromatic carbocycles. The van der Waals surface area contributed by atoms with Crippen LogP contribution in [0.15, 0.2) is 46.3 Å². The topological polar surface area (TPSA) is 68.0 Å². The number of thiophene rings is 1. The van der Waals surface area contributed by atoms with Gasteiger partial charge in [0.15, 0.2) is 5.82 Å². The molecule has 118 valence electrons. The first-order valence-electron chi connectivity index (χ1n) is 7.03. The molecule has 23 heavy (non-hydrogen) atoms. The first-order valence-corrected chi connectivity index (χ1v) is 8.29. The smallest absolute Gasteiger partial charge is 0.257 e. The van der Waals surface area contributed by atoms with Gasteiger partial charge < -0.3 is 9.84 Å². The Morgan fingerprint density at radius 1 is 1.35 bits per heavy atom. The molecule has 2 heterocycles. The van der Waals surface area contributed by atoms with E-state index in [1.54, 1.807) is 35.6 Å². The van der Waals surface area contributed by atoms with Crippen LogP contribution in [-0.2, 0) is 11.2 Å². The summed E-state index contributed by atoms with van der Waals surface area (Å²) in [6, 6.07) is 10.7. The third-order valence-corrected chi connectivity index (χ3v) is 4.34. The van der Waals surface area contributed by atoms with Gasteiger partial charge in [-0.3, -0.25) is 4.79 Å². The Morgan fingerprint density at radius 3 is 2.83 bits per heavy atom. The molecule has 3 aromatic rings. The number of amides is 1. The lowest BCUT2D eigenvalue weighted by molar-refractivity contribution is -0.121. The molecule has 0 radical (unpaired) electrons. The standard InChI is InChI=1S/C16H14ClN3O2S/c1-10(18-14(21)9-13-3-2-8-23-13)15-19-16(22-20-15)11-4-6-12(17)7-5-11/h2-8,10H,9H2,1H3,(H,18,21)/t10-/m1/s1. The number of carbonyl (C=O) groups is 1. The summed E-state index contributed by atoms with van der Waals surface area (Å²) in [5.41, 5.74) is 0.783. The van der Waals surface area contributed by atoms with Crippen molar-refractivity contribution in [3.63, 3.8) is 0 Å². The molecule has 0 aliphatic carbocycles. The second-order valence-electron chi connectivity index (χ2n) is 5.01. The van der Waals surface area contributed by atoms with Gasteiger partial charge in [0.1, 0.15) is 0 Å². The van der Waals surface area contributed by atoms with Crippen molar-refractivity contribution in [1.82, 2.24) is 15.5 Å². The average Bonchev–Trinajstić information content (AvgIpc) is 3.19. The Bertz CT molecular complexity index is 784. The molecule has 3 rings (SSSR count). The van der Waals surface area contributed by atoms with Gasteiger partial charge >= 0.3 is 0 Å².